The summed E-state index contributed by atoms with van der Waals surface area (Å²) in [6.07, 6.45) is 1.15. The van der Waals surface area contributed by atoms with Crippen molar-refractivity contribution in [2.75, 3.05) is 0 Å². The second kappa shape index (κ2) is 7.76. The van der Waals surface area contributed by atoms with Crippen molar-refractivity contribution in [2.24, 2.45) is 0 Å². The number of fused-ring (bicyclic) bond motifs is 5. The smallest absolute Gasteiger partial charge is 0.275 e. The summed E-state index contributed by atoms with van der Waals surface area (Å²) >= 11 is 0. The van der Waals surface area contributed by atoms with Crippen LogP contribution in [0.1, 0.15) is 62.8 Å². The molecule has 2 N–H and O–H groups in total. The number of aromatic hydroxyl groups is 2. The lowest BCUT2D eigenvalue weighted by atomic mass is 9.63. The minimum atomic E-state index is -0.247. The van der Waals surface area contributed by atoms with Crippen LogP contribution in [0.4, 0.5) is 0 Å². The van der Waals surface area contributed by atoms with E-state index < -0.39 is 0 Å². The first-order chi connectivity index (χ1) is 17.8. The topological polar surface area (TPSA) is 58.9 Å². The number of benzene rings is 4. The Balaban J connectivity index is 1.21. The molecular weight excluding hydrogens is 479 g/mol. The van der Waals surface area contributed by atoms with Crippen molar-refractivity contribution in [3.8, 4) is 34.1 Å². The molecule has 4 aromatic rings. The minimum absolute atomic E-state index is 0.140. The molecule has 1 saturated carbocycles. The molecular formula is C32H29O4P. The average molecular weight is 509 g/mol. The van der Waals surface area contributed by atoms with Crippen molar-refractivity contribution in [1.29, 1.82) is 0 Å². The fourth-order valence-electron chi connectivity index (χ4n) is 7.11. The largest absolute Gasteiger partial charge is 0.508 e. The van der Waals surface area contributed by atoms with Crippen LogP contribution in [0.3, 0.4) is 0 Å². The van der Waals surface area contributed by atoms with Crippen molar-refractivity contribution in [2.45, 2.75) is 51.4 Å². The van der Waals surface area contributed by atoms with Gasteiger partial charge in [-0.1, -0.05) is 36.4 Å². The molecule has 7 rings (SSSR count). The van der Waals surface area contributed by atoms with Gasteiger partial charge in [0.15, 0.2) is 0 Å². The van der Waals surface area contributed by atoms with Gasteiger partial charge < -0.3 is 19.3 Å². The first-order valence-corrected chi connectivity index (χ1v) is 13.6. The van der Waals surface area contributed by atoms with Crippen LogP contribution in [-0.4, -0.2) is 10.2 Å². The second-order valence-electron chi connectivity index (χ2n) is 11.0. The molecule has 37 heavy (non-hydrogen) atoms. The van der Waals surface area contributed by atoms with Crippen LogP contribution in [0, 0.1) is 27.7 Å². The zero-order valence-corrected chi connectivity index (χ0v) is 22.3. The normalized spacial score (nSPS) is 22.2. The van der Waals surface area contributed by atoms with E-state index in [4.69, 9.17) is 9.05 Å². The first-order valence-electron chi connectivity index (χ1n) is 12.8. The average Bonchev–Trinajstić information content (AvgIpc) is 3.57. The van der Waals surface area contributed by atoms with E-state index in [2.05, 4.69) is 37.3 Å². The Morgan fingerprint density at radius 3 is 2.35 bits per heavy atom. The van der Waals surface area contributed by atoms with Gasteiger partial charge >= 0.3 is 0 Å². The summed E-state index contributed by atoms with van der Waals surface area (Å²) in [7, 11) is -0.247. The van der Waals surface area contributed by atoms with Crippen LogP contribution in [0.15, 0.2) is 60.7 Å². The maximum atomic E-state index is 10.9. The van der Waals surface area contributed by atoms with E-state index in [9.17, 15) is 10.2 Å². The summed E-state index contributed by atoms with van der Waals surface area (Å²) in [6, 6.07) is 20.4. The van der Waals surface area contributed by atoms with Crippen LogP contribution in [0.25, 0.3) is 11.1 Å². The predicted octanol–water partition coefficient (Wildman–Crippen LogP) is 7.85. The zero-order chi connectivity index (χ0) is 25.6. The Labute approximate surface area is 218 Å². The van der Waals surface area contributed by atoms with Crippen LogP contribution >= 0.6 is 9.03 Å². The monoisotopic (exact) mass is 508 g/mol. The third-order valence-corrected chi connectivity index (χ3v) is 9.20. The highest BCUT2D eigenvalue weighted by atomic mass is 31.1. The number of phenolic OH excluding ortho intramolecular Hbond substituents is 2. The molecule has 0 saturated heterocycles. The zero-order valence-electron chi connectivity index (χ0n) is 21.3. The van der Waals surface area contributed by atoms with E-state index in [1.807, 2.05) is 45.0 Å². The molecule has 0 radical (unpaired) electrons. The second-order valence-corrected chi connectivity index (χ2v) is 11.5. The van der Waals surface area contributed by atoms with Gasteiger partial charge in [0.1, 0.15) is 23.0 Å². The van der Waals surface area contributed by atoms with E-state index >= 15 is 0 Å². The van der Waals surface area contributed by atoms with Crippen LogP contribution < -0.4 is 9.05 Å². The SMILES string of the molecule is Cc1cc(C)c(O)c(-c2cc(C)cc(C)c2OPOc2cccc3c2C2c4c(O)cccc4C4CC342)c1. The molecule has 4 aromatic carbocycles. The summed E-state index contributed by atoms with van der Waals surface area (Å²) in [5, 5.41) is 21.6. The molecule has 3 aliphatic rings. The van der Waals surface area contributed by atoms with Crippen molar-refractivity contribution >= 4 is 9.03 Å². The number of rotatable bonds is 5. The van der Waals surface area contributed by atoms with E-state index in [0.29, 0.717) is 11.7 Å². The number of aryl methyl sites for hydroxylation is 4. The molecule has 0 heterocycles. The molecule has 4 unspecified atom stereocenters. The fourth-order valence-corrected chi connectivity index (χ4v) is 7.77. The highest BCUT2D eigenvalue weighted by Crippen LogP contribution is 2.82. The van der Waals surface area contributed by atoms with Crippen LogP contribution in [-0.2, 0) is 5.41 Å². The molecule has 4 atom stereocenters. The van der Waals surface area contributed by atoms with Gasteiger partial charge in [0.05, 0.1) is 0 Å². The van der Waals surface area contributed by atoms with Gasteiger partial charge in [-0.3, -0.25) is 0 Å². The lowest BCUT2D eigenvalue weighted by Gasteiger charge is -2.40. The van der Waals surface area contributed by atoms with Crippen molar-refractivity contribution in [3.05, 3.63) is 105 Å². The molecule has 0 aliphatic heterocycles. The van der Waals surface area contributed by atoms with Gasteiger partial charge in [-0.25, -0.2) is 0 Å². The lowest BCUT2D eigenvalue weighted by molar-refractivity contribution is 0.439. The molecule has 0 bridgehead atoms. The van der Waals surface area contributed by atoms with E-state index in [-0.39, 0.29) is 26.1 Å². The maximum absolute atomic E-state index is 10.9. The molecule has 186 valence electrons. The maximum Gasteiger partial charge on any atom is 0.275 e. The molecule has 4 nitrogen and oxygen atoms in total. The Kier molecular flexibility index (Phi) is 4.76. The molecule has 3 aliphatic carbocycles. The summed E-state index contributed by atoms with van der Waals surface area (Å²) in [4.78, 5) is 0. The van der Waals surface area contributed by atoms with Crippen molar-refractivity contribution < 1.29 is 19.3 Å². The van der Waals surface area contributed by atoms with Gasteiger partial charge in [-0.2, -0.15) is 0 Å². The van der Waals surface area contributed by atoms with Crippen LogP contribution in [0.5, 0.6) is 23.0 Å². The standard InChI is InChI=1S/C32H29O4P/c1-16-11-18(3)30(34)21(13-16)22-14-17(2)12-19(4)31(22)36-37-35-26-10-6-8-23-28(26)29-27-20(7-5-9-25(27)33)24-15-32(23,24)29/h5-14,24,29,33-34,37H,15H2,1-4H3. The van der Waals surface area contributed by atoms with Crippen molar-refractivity contribution in [3.63, 3.8) is 0 Å². The van der Waals surface area contributed by atoms with Gasteiger partial charge in [-0.15, -0.1) is 0 Å². The Morgan fingerprint density at radius 2 is 1.54 bits per heavy atom. The summed E-state index contributed by atoms with van der Waals surface area (Å²) < 4.78 is 12.6. The number of hydrogen-bond donors (Lipinski definition) is 2. The Bertz CT molecular complexity index is 1620. The minimum Gasteiger partial charge on any atom is -0.508 e. The molecule has 5 heteroatoms. The Morgan fingerprint density at radius 1 is 0.811 bits per heavy atom. The predicted molar refractivity (Wildman–Crippen MR) is 147 cm³/mol. The Hall–Kier alpha value is -3.49. The highest BCUT2D eigenvalue weighted by molar-refractivity contribution is 7.27. The van der Waals surface area contributed by atoms with E-state index in [1.54, 1.807) is 6.07 Å². The van der Waals surface area contributed by atoms with Gasteiger partial charge in [-0.05, 0) is 97.7 Å². The van der Waals surface area contributed by atoms with Gasteiger partial charge in [0, 0.05) is 33.6 Å². The molecule has 0 amide bonds. The third-order valence-electron chi connectivity index (χ3n) is 8.61. The highest BCUT2D eigenvalue weighted by Gasteiger charge is 2.73. The lowest BCUT2D eigenvalue weighted by Crippen LogP contribution is -2.31. The number of hydrogen-bond acceptors (Lipinski definition) is 4. The fraction of sp³-hybridized carbons (Fsp3) is 0.250. The molecule has 1 spiro atoms. The van der Waals surface area contributed by atoms with E-state index in [0.717, 1.165) is 56.9 Å². The van der Waals surface area contributed by atoms with Crippen molar-refractivity contribution in [1.82, 2.24) is 0 Å². The summed E-state index contributed by atoms with van der Waals surface area (Å²) in [6.45, 7) is 8.04. The first kappa shape index (κ1) is 22.7. The van der Waals surface area contributed by atoms with Gasteiger partial charge in [0.2, 0.25) is 0 Å². The summed E-state index contributed by atoms with van der Waals surface area (Å²) in [5.74, 6) is 2.91. The molecule has 0 aromatic heterocycles. The number of phenols is 2. The van der Waals surface area contributed by atoms with Gasteiger partial charge in [0.25, 0.3) is 9.03 Å². The summed E-state index contributed by atoms with van der Waals surface area (Å²) in [5.41, 5.74) is 10.7. The quantitative estimate of drug-likeness (QED) is 0.270. The molecule has 1 fully saturated rings. The van der Waals surface area contributed by atoms with E-state index in [1.165, 1.54) is 16.7 Å². The van der Waals surface area contributed by atoms with Crippen LogP contribution in [0.2, 0.25) is 0 Å². The third kappa shape index (κ3) is 3.06.